The lowest BCUT2D eigenvalue weighted by Crippen LogP contribution is -2.62. The topological polar surface area (TPSA) is 38.0 Å². The maximum atomic E-state index is 9.33. The first-order chi connectivity index (χ1) is 10.4. The third kappa shape index (κ3) is 2.43. The van der Waals surface area contributed by atoms with Crippen molar-refractivity contribution in [2.24, 2.45) is 16.2 Å². The van der Waals surface area contributed by atoms with E-state index in [4.69, 9.17) is 0 Å². The molecule has 122 valence electrons. The monoisotopic (exact) mass is 320 g/mol. The number of rotatable bonds is 5. The van der Waals surface area contributed by atoms with Crippen LogP contribution >= 0.6 is 11.8 Å². The van der Waals surface area contributed by atoms with Crippen LogP contribution in [0.2, 0.25) is 0 Å². The molecule has 4 heteroatoms. The average Bonchev–Trinajstić information content (AvgIpc) is 2.84. The molecule has 0 amide bonds. The van der Waals surface area contributed by atoms with Crippen LogP contribution < -0.4 is 0 Å². The number of aliphatic hydroxyl groups is 1. The second-order valence-corrected chi connectivity index (χ2v) is 10.7. The minimum atomic E-state index is 0.312. The first-order valence-corrected chi connectivity index (χ1v) is 9.59. The zero-order chi connectivity index (χ0) is 15.5. The van der Waals surface area contributed by atoms with Crippen LogP contribution in [0, 0.1) is 16.2 Å². The second-order valence-electron chi connectivity index (χ2n) is 9.14. The summed E-state index contributed by atoms with van der Waals surface area (Å²) in [6.45, 7) is 6.43. The van der Waals surface area contributed by atoms with Crippen molar-refractivity contribution in [2.75, 3.05) is 12.4 Å². The zero-order valence-corrected chi connectivity index (χ0v) is 14.7. The van der Waals surface area contributed by atoms with E-state index in [1.165, 1.54) is 38.5 Å². The molecule has 22 heavy (non-hydrogen) atoms. The Hall–Kier alpha value is -0.480. The Bertz CT molecular complexity index is 537. The lowest BCUT2D eigenvalue weighted by atomic mass is 9.40. The van der Waals surface area contributed by atoms with Crippen molar-refractivity contribution in [3.05, 3.63) is 18.5 Å². The van der Waals surface area contributed by atoms with Crippen LogP contribution in [-0.4, -0.2) is 32.0 Å². The van der Waals surface area contributed by atoms with Crippen molar-refractivity contribution in [2.45, 2.75) is 63.7 Å². The molecule has 4 saturated carbocycles. The van der Waals surface area contributed by atoms with Gasteiger partial charge < -0.3 is 5.11 Å². The van der Waals surface area contributed by atoms with Crippen molar-refractivity contribution in [3.8, 4) is 0 Å². The molecular formula is C18H28N2OS. The summed E-state index contributed by atoms with van der Waals surface area (Å²) in [4.78, 5) is 0. The summed E-state index contributed by atoms with van der Waals surface area (Å²) < 4.78 is 2.55. The number of aromatic nitrogens is 2. The van der Waals surface area contributed by atoms with Crippen LogP contribution in [0.4, 0.5) is 0 Å². The summed E-state index contributed by atoms with van der Waals surface area (Å²) in [6.07, 6.45) is 12.1. The van der Waals surface area contributed by atoms with E-state index < -0.39 is 0 Å². The Morgan fingerprint density at radius 2 is 1.82 bits per heavy atom. The molecule has 4 bridgehead atoms. The Morgan fingerprint density at radius 1 is 1.09 bits per heavy atom. The molecule has 0 spiro atoms. The fourth-order valence-corrected chi connectivity index (χ4v) is 8.98. The van der Waals surface area contributed by atoms with Crippen LogP contribution in [0.5, 0.6) is 0 Å². The van der Waals surface area contributed by atoms with Crippen LogP contribution in [0.3, 0.4) is 0 Å². The molecule has 1 aromatic heterocycles. The fourth-order valence-electron chi connectivity index (χ4n) is 7.15. The van der Waals surface area contributed by atoms with Gasteiger partial charge in [-0.1, -0.05) is 13.8 Å². The van der Waals surface area contributed by atoms with Gasteiger partial charge in [-0.2, -0.15) is 16.9 Å². The van der Waals surface area contributed by atoms with Gasteiger partial charge >= 0.3 is 0 Å². The van der Waals surface area contributed by atoms with Gasteiger partial charge in [0.05, 0.1) is 6.61 Å². The Kier molecular flexibility index (Phi) is 3.26. The molecule has 2 unspecified atom stereocenters. The van der Waals surface area contributed by atoms with Crippen molar-refractivity contribution < 1.29 is 5.11 Å². The smallest absolute Gasteiger partial charge is 0.0521 e. The molecule has 2 atom stereocenters. The van der Waals surface area contributed by atoms with Gasteiger partial charge in [-0.15, -0.1) is 0 Å². The summed E-state index contributed by atoms with van der Waals surface area (Å²) in [5, 5.41) is 13.8. The van der Waals surface area contributed by atoms with Crippen molar-refractivity contribution >= 4 is 11.8 Å². The van der Waals surface area contributed by atoms with Gasteiger partial charge in [0.1, 0.15) is 0 Å². The third-order valence-corrected chi connectivity index (χ3v) is 7.64. The molecule has 0 aromatic carbocycles. The molecule has 0 radical (unpaired) electrons. The zero-order valence-electron chi connectivity index (χ0n) is 13.8. The van der Waals surface area contributed by atoms with Crippen molar-refractivity contribution in [1.29, 1.82) is 0 Å². The number of hydrogen-bond acceptors (Lipinski definition) is 3. The largest absolute Gasteiger partial charge is 0.396 e. The highest BCUT2D eigenvalue weighted by atomic mass is 32.2. The van der Waals surface area contributed by atoms with E-state index in [1.807, 2.05) is 12.3 Å². The highest BCUT2D eigenvalue weighted by molar-refractivity contribution is 8.00. The quantitative estimate of drug-likeness (QED) is 0.898. The highest BCUT2D eigenvalue weighted by Crippen LogP contribution is 2.73. The predicted octanol–water partition coefficient (Wildman–Crippen LogP) is 3.73. The highest BCUT2D eigenvalue weighted by Gasteiger charge is 2.65. The van der Waals surface area contributed by atoms with E-state index in [-0.39, 0.29) is 0 Å². The summed E-state index contributed by atoms with van der Waals surface area (Å²) in [7, 11) is 0. The second kappa shape index (κ2) is 4.76. The van der Waals surface area contributed by atoms with E-state index in [9.17, 15) is 5.11 Å². The number of thioether (sulfide) groups is 1. The van der Waals surface area contributed by atoms with E-state index in [0.29, 0.717) is 27.6 Å². The van der Waals surface area contributed by atoms with Crippen LogP contribution in [-0.2, 0) is 6.54 Å². The lowest BCUT2D eigenvalue weighted by Gasteiger charge is -2.69. The summed E-state index contributed by atoms with van der Waals surface area (Å²) in [5.74, 6) is 0.893. The van der Waals surface area contributed by atoms with Crippen molar-refractivity contribution in [3.63, 3.8) is 0 Å². The maximum absolute atomic E-state index is 9.33. The van der Waals surface area contributed by atoms with E-state index >= 15 is 0 Å². The molecule has 5 rings (SSSR count). The van der Waals surface area contributed by atoms with Crippen LogP contribution in [0.1, 0.15) is 52.4 Å². The minimum Gasteiger partial charge on any atom is -0.396 e. The predicted molar refractivity (Wildman–Crippen MR) is 90.9 cm³/mol. The summed E-state index contributed by atoms with van der Waals surface area (Å²) >= 11 is 2.06. The number of hydrogen-bond donors (Lipinski definition) is 1. The summed E-state index contributed by atoms with van der Waals surface area (Å²) in [5.41, 5.74) is 1.38. The van der Waals surface area contributed by atoms with Crippen LogP contribution in [0.15, 0.2) is 18.5 Å². The first-order valence-electron chi connectivity index (χ1n) is 8.60. The van der Waals surface area contributed by atoms with Gasteiger partial charge in [0.2, 0.25) is 0 Å². The molecule has 3 nitrogen and oxygen atoms in total. The molecule has 1 heterocycles. The standard InChI is InChI=1S/C18H28N2OS/c1-15-8-16(2)10-17(9-15,14-20-5-3-4-19-20)13-18(11-15,12-16)22-7-6-21/h3-5,21H,6-14H2,1-2H3. The SMILES string of the molecule is CC12CC3(C)CC(Cn4cccn4)(C1)CC(SCCO)(C2)C3. The van der Waals surface area contributed by atoms with E-state index in [2.05, 4.69) is 41.6 Å². The Morgan fingerprint density at radius 3 is 2.41 bits per heavy atom. The lowest BCUT2D eigenvalue weighted by molar-refractivity contribution is -0.139. The molecule has 4 aliphatic rings. The average molecular weight is 321 g/mol. The van der Waals surface area contributed by atoms with Gasteiger partial charge in [0.25, 0.3) is 0 Å². The van der Waals surface area contributed by atoms with Gasteiger partial charge in [0, 0.05) is 29.4 Å². The molecule has 1 N–H and O–H groups in total. The fraction of sp³-hybridized carbons (Fsp3) is 0.833. The number of nitrogens with zero attached hydrogens (tertiary/aromatic N) is 2. The normalized spacial score (nSPS) is 46.3. The Balaban J connectivity index is 1.68. The molecule has 0 aliphatic heterocycles. The van der Waals surface area contributed by atoms with Gasteiger partial charge in [0.15, 0.2) is 0 Å². The first kappa shape index (κ1) is 15.1. The minimum absolute atomic E-state index is 0.312. The number of aliphatic hydroxyl groups excluding tert-OH is 1. The molecule has 4 aliphatic carbocycles. The molecule has 1 aromatic rings. The molecular weight excluding hydrogens is 292 g/mol. The Labute approximate surface area is 137 Å². The van der Waals surface area contributed by atoms with E-state index in [0.717, 1.165) is 12.3 Å². The third-order valence-electron chi connectivity index (χ3n) is 6.21. The molecule has 0 saturated heterocycles. The van der Waals surface area contributed by atoms with Gasteiger partial charge in [-0.25, -0.2) is 0 Å². The van der Waals surface area contributed by atoms with E-state index in [1.54, 1.807) is 0 Å². The van der Waals surface area contributed by atoms with Gasteiger partial charge in [-0.05, 0) is 60.8 Å². The van der Waals surface area contributed by atoms with Crippen LogP contribution in [0.25, 0.3) is 0 Å². The van der Waals surface area contributed by atoms with Crippen molar-refractivity contribution in [1.82, 2.24) is 9.78 Å². The summed E-state index contributed by atoms with van der Waals surface area (Å²) in [6, 6.07) is 2.04. The van der Waals surface area contributed by atoms with Gasteiger partial charge in [-0.3, -0.25) is 4.68 Å². The maximum Gasteiger partial charge on any atom is 0.0521 e. The molecule has 4 fully saturated rings.